The molecule has 0 saturated carbocycles. The van der Waals surface area contributed by atoms with Gasteiger partial charge in [-0.25, -0.2) is 8.78 Å². The Morgan fingerprint density at radius 3 is 2.60 bits per heavy atom. The third-order valence-electron chi connectivity index (χ3n) is 2.53. The maximum absolute atomic E-state index is 13.5. The zero-order valence-corrected chi connectivity index (χ0v) is 11.5. The van der Waals surface area contributed by atoms with Crippen molar-refractivity contribution in [3.05, 3.63) is 63.6 Å². The minimum absolute atomic E-state index is 0.232. The van der Waals surface area contributed by atoms with Gasteiger partial charge in [0, 0.05) is 10.5 Å². The smallest absolute Gasteiger partial charge is 0.258 e. The summed E-state index contributed by atoms with van der Waals surface area (Å²) >= 11 is 3.20. The number of carbonyl (C=O) groups excluding carboxylic acids is 1. The number of rotatable bonds is 2. The predicted molar refractivity (Wildman–Crippen MR) is 73.2 cm³/mol. The largest absolute Gasteiger partial charge is 0.321 e. The SMILES string of the molecule is N#Cc1cc(Br)ccc1NC(=O)c1ccc(F)cc1F. The summed E-state index contributed by atoms with van der Waals surface area (Å²) in [4.78, 5) is 11.9. The molecule has 2 aromatic rings. The normalized spacial score (nSPS) is 9.90. The van der Waals surface area contributed by atoms with Gasteiger partial charge in [0.15, 0.2) is 0 Å². The van der Waals surface area contributed by atoms with Crippen LogP contribution >= 0.6 is 15.9 Å². The molecule has 0 atom stereocenters. The third-order valence-corrected chi connectivity index (χ3v) is 3.02. The lowest BCUT2D eigenvalue weighted by Gasteiger charge is -2.08. The molecular weight excluding hydrogens is 330 g/mol. The van der Waals surface area contributed by atoms with E-state index in [9.17, 15) is 13.6 Å². The molecule has 3 nitrogen and oxygen atoms in total. The second-order valence-corrected chi connectivity index (χ2v) is 4.80. The first-order chi connectivity index (χ1) is 9.51. The van der Waals surface area contributed by atoms with Crippen molar-refractivity contribution in [3.8, 4) is 6.07 Å². The minimum Gasteiger partial charge on any atom is -0.321 e. The molecule has 0 fully saturated rings. The number of amides is 1. The van der Waals surface area contributed by atoms with Crippen molar-refractivity contribution >= 4 is 27.5 Å². The fourth-order valence-electron chi connectivity index (χ4n) is 1.58. The zero-order valence-electron chi connectivity index (χ0n) is 9.95. The molecule has 20 heavy (non-hydrogen) atoms. The molecule has 0 bridgehead atoms. The summed E-state index contributed by atoms with van der Waals surface area (Å²) in [5.74, 6) is -2.47. The number of nitriles is 1. The number of anilines is 1. The predicted octanol–water partition coefficient (Wildman–Crippen LogP) is 3.85. The quantitative estimate of drug-likeness (QED) is 0.905. The molecule has 0 unspecified atom stereocenters. The number of hydrogen-bond acceptors (Lipinski definition) is 2. The van der Waals surface area contributed by atoms with Crippen LogP contribution in [0.2, 0.25) is 0 Å². The molecule has 0 aliphatic carbocycles. The molecule has 6 heteroatoms. The lowest BCUT2D eigenvalue weighted by molar-refractivity contribution is 0.102. The molecule has 0 spiro atoms. The van der Waals surface area contributed by atoms with Gasteiger partial charge in [0.05, 0.1) is 16.8 Å². The molecule has 2 aromatic carbocycles. The first-order valence-corrected chi connectivity index (χ1v) is 6.26. The average Bonchev–Trinajstić information content (AvgIpc) is 2.40. The Kier molecular flexibility index (Phi) is 4.11. The van der Waals surface area contributed by atoms with E-state index in [0.717, 1.165) is 12.1 Å². The number of nitrogens with one attached hydrogen (secondary N) is 1. The van der Waals surface area contributed by atoms with Crippen LogP contribution < -0.4 is 5.32 Å². The Labute approximate surface area is 122 Å². The number of hydrogen-bond donors (Lipinski definition) is 1. The van der Waals surface area contributed by atoms with Crippen LogP contribution in [0.5, 0.6) is 0 Å². The van der Waals surface area contributed by atoms with Crippen LogP contribution in [0, 0.1) is 23.0 Å². The summed E-state index contributed by atoms with van der Waals surface area (Å²) in [6.45, 7) is 0. The van der Waals surface area contributed by atoms with E-state index in [2.05, 4.69) is 21.2 Å². The van der Waals surface area contributed by atoms with E-state index < -0.39 is 17.5 Å². The summed E-state index contributed by atoms with van der Waals surface area (Å²) in [6.07, 6.45) is 0. The molecule has 0 aliphatic heterocycles. The fraction of sp³-hybridized carbons (Fsp3) is 0. The van der Waals surface area contributed by atoms with Crippen LogP contribution in [0.25, 0.3) is 0 Å². The van der Waals surface area contributed by atoms with Gasteiger partial charge in [0.1, 0.15) is 17.7 Å². The summed E-state index contributed by atoms with van der Waals surface area (Å²) < 4.78 is 26.9. The van der Waals surface area contributed by atoms with E-state index in [1.54, 1.807) is 6.07 Å². The van der Waals surface area contributed by atoms with Crippen LogP contribution in [0.15, 0.2) is 40.9 Å². The molecule has 1 amide bonds. The summed E-state index contributed by atoms with van der Waals surface area (Å²) in [6, 6.07) is 9.26. The van der Waals surface area contributed by atoms with Crippen molar-refractivity contribution in [1.29, 1.82) is 5.26 Å². The lowest BCUT2D eigenvalue weighted by atomic mass is 10.1. The second kappa shape index (κ2) is 5.80. The molecule has 100 valence electrons. The van der Waals surface area contributed by atoms with Gasteiger partial charge in [-0.15, -0.1) is 0 Å². The van der Waals surface area contributed by atoms with Crippen molar-refractivity contribution in [2.24, 2.45) is 0 Å². The van der Waals surface area contributed by atoms with Crippen molar-refractivity contribution in [2.75, 3.05) is 5.32 Å². The van der Waals surface area contributed by atoms with E-state index in [1.165, 1.54) is 12.1 Å². The van der Waals surface area contributed by atoms with E-state index in [4.69, 9.17) is 5.26 Å². The fourth-order valence-corrected chi connectivity index (χ4v) is 1.94. The molecule has 0 saturated heterocycles. The topological polar surface area (TPSA) is 52.9 Å². The van der Waals surface area contributed by atoms with Gasteiger partial charge in [0.2, 0.25) is 0 Å². The highest BCUT2D eigenvalue weighted by atomic mass is 79.9. The van der Waals surface area contributed by atoms with Crippen LogP contribution in [0.3, 0.4) is 0 Å². The highest BCUT2D eigenvalue weighted by Crippen LogP contribution is 2.21. The molecule has 0 radical (unpaired) electrons. The monoisotopic (exact) mass is 336 g/mol. The zero-order chi connectivity index (χ0) is 14.7. The Morgan fingerprint density at radius 2 is 1.95 bits per heavy atom. The molecule has 1 N–H and O–H groups in total. The summed E-state index contributed by atoms with van der Waals surface area (Å²) in [5.41, 5.74) is 0.192. The van der Waals surface area contributed by atoms with Crippen molar-refractivity contribution in [3.63, 3.8) is 0 Å². The maximum atomic E-state index is 13.5. The summed E-state index contributed by atoms with van der Waals surface area (Å²) in [7, 11) is 0. The van der Waals surface area contributed by atoms with Gasteiger partial charge < -0.3 is 5.32 Å². The first-order valence-electron chi connectivity index (χ1n) is 5.47. The molecule has 0 heterocycles. The molecule has 2 rings (SSSR count). The van der Waals surface area contributed by atoms with E-state index >= 15 is 0 Å². The van der Waals surface area contributed by atoms with Crippen LogP contribution in [0.1, 0.15) is 15.9 Å². The van der Waals surface area contributed by atoms with Crippen molar-refractivity contribution in [1.82, 2.24) is 0 Å². The van der Waals surface area contributed by atoms with Crippen LogP contribution in [-0.4, -0.2) is 5.91 Å². The minimum atomic E-state index is -0.960. The van der Waals surface area contributed by atoms with Gasteiger partial charge in [-0.05, 0) is 30.3 Å². The number of nitrogens with zero attached hydrogens (tertiary/aromatic N) is 1. The van der Waals surface area contributed by atoms with Crippen molar-refractivity contribution < 1.29 is 13.6 Å². The van der Waals surface area contributed by atoms with Gasteiger partial charge in [-0.2, -0.15) is 5.26 Å². The Balaban J connectivity index is 2.31. The standard InChI is InChI=1S/C14H7BrF2N2O/c15-9-1-4-13(8(5-9)7-18)19-14(20)11-3-2-10(16)6-12(11)17/h1-6H,(H,19,20). The van der Waals surface area contributed by atoms with Gasteiger partial charge in [-0.3, -0.25) is 4.79 Å². The Bertz CT molecular complexity index is 726. The van der Waals surface area contributed by atoms with Gasteiger partial charge in [0.25, 0.3) is 5.91 Å². The Hall–Kier alpha value is -2.26. The number of halogens is 3. The van der Waals surface area contributed by atoms with Gasteiger partial charge in [-0.1, -0.05) is 15.9 Å². The van der Waals surface area contributed by atoms with Crippen molar-refractivity contribution in [2.45, 2.75) is 0 Å². The van der Waals surface area contributed by atoms with Crippen LogP contribution in [-0.2, 0) is 0 Å². The second-order valence-electron chi connectivity index (χ2n) is 3.88. The number of carbonyl (C=O) groups is 1. The summed E-state index contributed by atoms with van der Waals surface area (Å²) in [5, 5.41) is 11.4. The molecule has 0 aromatic heterocycles. The lowest BCUT2D eigenvalue weighted by Crippen LogP contribution is -2.14. The highest BCUT2D eigenvalue weighted by molar-refractivity contribution is 9.10. The molecular formula is C14H7BrF2N2O. The third kappa shape index (κ3) is 3.00. The highest BCUT2D eigenvalue weighted by Gasteiger charge is 2.14. The Morgan fingerprint density at radius 1 is 1.20 bits per heavy atom. The van der Waals surface area contributed by atoms with Crippen LogP contribution in [0.4, 0.5) is 14.5 Å². The van der Waals surface area contributed by atoms with E-state index in [1.807, 2.05) is 6.07 Å². The van der Waals surface area contributed by atoms with E-state index in [0.29, 0.717) is 10.5 Å². The molecule has 0 aliphatic rings. The first kappa shape index (κ1) is 14.2. The number of benzene rings is 2. The van der Waals surface area contributed by atoms with Gasteiger partial charge >= 0.3 is 0 Å². The maximum Gasteiger partial charge on any atom is 0.258 e. The van der Waals surface area contributed by atoms with E-state index in [-0.39, 0.29) is 16.8 Å². The average molecular weight is 337 g/mol.